The van der Waals surface area contributed by atoms with Crippen LogP contribution in [0.25, 0.3) is 0 Å². The Balaban J connectivity index is 3.29. The molecule has 1 aromatic carbocycles. The molecule has 0 aliphatic rings. The van der Waals surface area contributed by atoms with Gasteiger partial charge in [-0.25, -0.2) is 0 Å². The zero-order valence-electron chi connectivity index (χ0n) is 6.28. The summed E-state index contributed by atoms with van der Waals surface area (Å²) in [5.74, 6) is 0. The molecule has 0 N–H and O–H groups in total. The van der Waals surface area contributed by atoms with Crippen LogP contribution < -0.4 is 0 Å². The minimum atomic E-state index is -0.464. The smallest absolute Gasteiger partial charge is 0.258 e. The molecule has 0 aliphatic heterocycles. The Bertz CT molecular complexity index is 316. The summed E-state index contributed by atoms with van der Waals surface area (Å²) < 4.78 is 0. The molecule has 0 bridgehead atoms. The molecular formula is C7H6ClNO2S. The van der Waals surface area contributed by atoms with E-state index in [2.05, 4.69) is 0 Å². The van der Waals surface area contributed by atoms with E-state index in [4.69, 9.17) is 11.6 Å². The normalized spacial score (nSPS) is 9.83. The molecule has 0 atom stereocenters. The standard InChI is InChI=1S/C7H6ClNO2S/c1-12-6-4-2-3-5(8)7(6)9(10)11/h2-4H,1H3. The number of thioether (sulfide) groups is 1. The SMILES string of the molecule is CSc1cccc(Cl)c1[N+](=O)[O-]. The van der Waals surface area contributed by atoms with Crippen molar-refractivity contribution < 1.29 is 4.92 Å². The first-order valence-electron chi connectivity index (χ1n) is 3.13. The van der Waals surface area contributed by atoms with Gasteiger partial charge in [0.15, 0.2) is 0 Å². The lowest BCUT2D eigenvalue weighted by molar-refractivity contribution is -0.387. The second-order valence-corrected chi connectivity index (χ2v) is 3.30. The predicted molar refractivity (Wildman–Crippen MR) is 49.9 cm³/mol. The fourth-order valence-electron chi connectivity index (χ4n) is 0.837. The molecule has 0 aromatic heterocycles. The van der Waals surface area contributed by atoms with Gasteiger partial charge in [-0.2, -0.15) is 0 Å². The summed E-state index contributed by atoms with van der Waals surface area (Å²) in [6.07, 6.45) is 1.78. The molecule has 0 amide bonds. The minimum Gasteiger partial charge on any atom is -0.258 e. The Kier molecular flexibility index (Phi) is 2.94. The molecule has 0 unspecified atom stereocenters. The van der Waals surface area contributed by atoms with Gasteiger partial charge in [0.2, 0.25) is 0 Å². The second kappa shape index (κ2) is 3.78. The van der Waals surface area contributed by atoms with Crippen LogP contribution in [0, 0.1) is 10.1 Å². The molecule has 64 valence electrons. The van der Waals surface area contributed by atoms with E-state index in [-0.39, 0.29) is 10.7 Å². The highest BCUT2D eigenvalue weighted by atomic mass is 35.5. The summed E-state index contributed by atoms with van der Waals surface area (Å²) >= 11 is 6.96. The van der Waals surface area contributed by atoms with Crippen molar-refractivity contribution in [3.05, 3.63) is 33.3 Å². The topological polar surface area (TPSA) is 43.1 Å². The van der Waals surface area contributed by atoms with E-state index in [1.165, 1.54) is 17.8 Å². The fourth-order valence-corrected chi connectivity index (χ4v) is 1.73. The zero-order valence-corrected chi connectivity index (χ0v) is 7.85. The summed E-state index contributed by atoms with van der Waals surface area (Å²) in [6.45, 7) is 0. The lowest BCUT2D eigenvalue weighted by atomic mass is 10.3. The first-order valence-corrected chi connectivity index (χ1v) is 4.74. The largest absolute Gasteiger partial charge is 0.301 e. The number of halogens is 1. The van der Waals surface area contributed by atoms with Gasteiger partial charge in [-0.1, -0.05) is 17.7 Å². The zero-order chi connectivity index (χ0) is 9.14. The summed E-state index contributed by atoms with van der Waals surface area (Å²) in [6, 6.07) is 4.88. The van der Waals surface area contributed by atoms with Crippen LogP contribution in [0.4, 0.5) is 5.69 Å². The van der Waals surface area contributed by atoms with Crippen molar-refractivity contribution in [2.75, 3.05) is 6.26 Å². The average molecular weight is 204 g/mol. The van der Waals surface area contributed by atoms with Gasteiger partial charge in [-0.3, -0.25) is 10.1 Å². The van der Waals surface area contributed by atoms with Gasteiger partial charge in [0.1, 0.15) is 5.02 Å². The number of benzene rings is 1. The van der Waals surface area contributed by atoms with E-state index in [9.17, 15) is 10.1 Å². The van der Waals surface area contributed by atoms with Gasteiger partial charge in [0.25, 0.3) is 0 Å². The van der Waals surface area contributed by atoms with E-state index in [0.717, 1.165) is 0 Å². The maximum Gasteiger partial charge on any atom is 0.301 e. The highest BCUT2D eigenvalue weighted by Gasteiger charge is 2.16. The molecule has 0 radical (unpaired) electrons. The molecule has 5 heteroatoms. The first-order chi connectivity index (χ1) is 5.66. The Morgan fingerprint density at radius 3 is 2.67 bits per heavy atom. The molecule has 0 heterocycles. The number of nitrogens with zero attached hydrogens (tertiary/aromatic N) is 1. The summed E-state index contributed by atoms with van der Waals surface area (Å²) in [5.41, 5.74) is -0.00772. The number of rotatable bonds is 2. The van der Waals surface area contributed by atoms with Gasteiger partial charge in [-0.05, 0) is 18.4 Å². The minimum absolute atomic E-state index is 0.00772. The van der Waals surface area contributed by atoms with Gasteiger partial charge in [0.05, 0.1) is 9.82 Å². The number of hydrogen-bond acceptors (Lipinski definition) is 3. The third-order valence-electron chi connectivity index (χ3n) is 1.35. The van der Waals surface area contributed by atoms with E-state index in [1.54, 1.807) is 18.4 Å². The van der Waals surface area contributed by atoms with Gasteiger partial charge in [0, 0.05) is 0 Å². The third kappa shape index (κ3) is 1.70. The molecule has 0 spiro atoms. The summed E-state index contributed by atoms with van der Waals surface area (Å²) in [5, 5.41) is 10.7. The fraction of sp³-hybridized carbons (Fsp3) is 0.143. The lowest BCUT2D eigenvalue weighted by Crippen LogP contribution is -1.91. The molecule has 3 nitrogen and oxygen atoms in total. The van der Waals surface area contributed by atoms with Crippen molar-refractivity contribution in [3.63, 3.8) is 0 Å². The van der Waals surface area contributed by atoms with E-state index < -0.39 is 4.92 Å². The Morgan fingerprint density at radius 1 is 1.58 bits per heavy atom. The van der Waals surface area contributed by atoms with Crippen molar-refractivity contribution in [2.24, 2.45) is 0 Å². The van der Waals surface area contributed by atoms with E-state index in [0.29, 0.717) is 4.90 Å². The molecular weight excluding hydrogens is 198 g/mol. The van der Waals surface area contributed by atoms with Crippen LogP contribution in [0.15, 0.2) is 23.1 Å². The van der Waals surface area contributed by atoms with Crippen molar-refractivity contribution >= 4 is 29.1 Å². The van der Waals surface area contributed by atoms with Crippen LogP contribution in [-0.4, -0.2) is 11.2 Å². The summed E-state index contributed by atoms with van der Waals surface area (Å²) in [7, 11) is 0. The van der Waals surface area contributed by atoms with Crippen LogP contribution in [0.3, 0.4) is 0 Å². The number of para-hydroxylation sites is 1. The van der Waals surface area contributed by atoms with E-state index in [1.807, 2.05) is 0 Å². The quantitative estimate of drug-likeness (QED) is 0.422. The van der Waals surface area contributed by atoms with Crippen molar-refractivity contribution in [3.8, 4) is 0 Å². The number of nitro benzene ring substituents is 1. The molecule has 1 rings (SSSR count). The van der Waals surface area contributed by atoms with Crippen LogP contribution >= 0.6 is 23.4 Å². The molecule has 1 aromatic rings. The first kappa shape index (κ1) is 9.35. The van der Waals surface area contributed by atoms with Crippen molar-refractivity contribution in [2.45, 2.75) is 4.90 Å². The molecule has 0 fully saturated rings. The number of nitro groups is 1. The number of hydrogen-bond donors (Lipinski definition) is 0. The summed E-state index contributed by atoms with van der Waals surface area (Å²) in [4.78, 5) is 10.6. The predicted octanol–water partition coefficient (Wildman–Crippen LogP) is 2.97. The van der Waals surface area contributed by atoms with Crippen LogP contribution in [0.5, 0.6) is 0 Å². The maximum absolute atomic E-state index is 10.5. The molecule has 0 saturated carbocycles. The molecule has 12 heavy (non-hydrogen) atoms. The Morgan fingerprint density at radius 2 is 2.25 bits per heavy atom. The van der Waals surface area contributed by atoms with Crippen molar-refractivity contribution in [1.29, 1.82) is 0 Å². The Hall–Kier alpha value is -0.740. The Labute approximate surface area is 78.9 Å². The highest BCUT2D eigenvalue weighted by molar-refractivity contribution is 7.98. The van der Waals surface area contributed by atoms with Gasteiger partial charge in [-0.15, -0.1) is 11.8 Å². The van der Waals surface area contributed by atoms with E-state index >= 15 is 0 Å². The monoisotopic (exact) mass is 203 g/mol. The van der Waals surface area contributed by atoms with Crippen LogP contribution in [0.2, 0.25) is 5.02 Å². The molecule has 0 aliphatic carbocycles. The lowest BCUT2D eigenvalue weighted by Gasteiger charge is -1.99. The van der Waals surface area contributed by atoms with Gasteiger partial charge >= 0.3 is 5.69 Å². The average Bonchev–Trinajstić information content (AvgIpc) is 2.03. The third-order valence-corrected chi connectivity index (χ3v) is 2.43. The van der Waals surface area contributed by atoms with Gasteiger partial charge < -0.3 is 0 Å². The van der Waals surface area contributed by atoms with Crippen molar-refractivity contribution in [1.82, 2.24) is 0 Å². The molecule has 0 saturated heterocycles. The highest BCUT2D eigenvalue weighted by Crippen LogP contribution is 2.33. The van der Waals surface area contributed by atoms with Crippen LogP contribution in [0.1, 0.15) is 0 Å². The van der Waals surface area contributed by atoms with Crippen LogP contribution in [-0.2, 0) is 0 Å². The maximum atomic E-state index is 10.5. The second-order valence-electron chi connectivity index (χ2n) is 2.05.